The van der Waals surface area contributed by atoms with Crippen molar-refractivity contribution in [1.82, 2.24) is 9.97 Å². The molecule has 2 rings (SSSR count). The average molecular weight is 235 g/mol. The average Bonchev–Trinajstić information content (AvgIpc) is 2.29. The summed E-state index contributed by atoms with van der Waals surface area (Å²) in [5.41, 5.74) is 0.748. The molecule has 0 aliphatic heterocycles. The van der Waals surface area contributed by atoms with Crippen LogP contribution in [0.4, 0.5) is 0 Å². The molecule has 0 bridgehead atoms. The third-order valence-electron chi connectivity index (χ3n) is 1.98. The zero-order chi connectivity index (χ0) is 11.6. The van der Waals surface area contributed by atoms with Gasteiger partial charge in [-0.25, -0.2) is 13.6 Å². The minimum Gasteiger partial charge on any atom is -0.255 e. The van der Waals surface area contributed by atoms with Gasteiger partial charge in [0.25, 0.3) is 0 Å². The molecule has 16 heavy (non-hydrogen) atoms. The van der Waals surface area contributed by atoms with Crippen LogP contribution in [0.3, 0.4) is 0 Å². The Hall–Kier alpha value is -1.79. The number of nitrogens with two attached hydrogens (primary N) is 1. The molecule has 0 aliphatic carbocycles. The Kier molecular flexibility index (Phi) is 2.67. The lowest BCUT2D eigenvalue weighted by atomic mass is 10.2. The molecule has 2 heterocycles. The van der Waals surface area contributed by atoms with Crippen molar-refractivity contribution in [2.75, 3.05) is 0 Å². The number of hydrogen-bond acceptors (Lipinski definition) is 4. The summed E-state index contributed by atoms with van der Waals surface area (Å²) in [6, 6.07) is 8.10. The summed E-state index contributed by atoms with van der Waals surface area (Å²) in [7, 11) is -3.78. The standard InChI is InChI=1S/C10H9N3O2S/c11-16(14,15)9-5-3-7-13-10(9)8-4-1-2-6-12-8/h1-7H,(H2,11,14,15). The summed E-state index contributed by atoms with van der Waals surface area (Å²) in [5.74, 6) is 0. The number of aromatic nitrogens is 2. The van der Waals surface area contributed by atoms with Gasteiger partial charge in [-0.15, -0.1) is 0 Å². The number of hydrogen-bond donors (Lipinski definition) is 1. The number of rotatable bonds is 2. The Balaban J connectivity index is 2.68. The second-order valence-electron chi connectivity index (χ2n) is 3.11. The van der Waals surface area contributed by atoms with E-state index in [0.29, 0.717) is 5.69 Å². The second-order valence-corrected chi connectivity index (χ2v) is 4.64. The molecule has 0 saturated carbocycles. The quantitative estimate of drug-likeness (QED) is 0.833. The highest BCUT2D eigenvalue weighted by atomic mass is 32.2. The van der Waals surface area contributed by atoms with Crippen molar-refractivity contribution in [3.63, 3.8) is 0 Å². The van der Waals surface area contributed by atoms with Crippen LogP contribution in [0.2, 0.25) is 0 Å². The Morgan fingerprint density at radius 3 is 2.38 bits per heavy atom. The topological polar surface area (TPSA) is 85.9 Å². The van der Waals surface area contributed by atoms with E-state index in [4.69, 9.17) is 5.14 Å². The molecule has 0 fully saturated rings. The fourth-order valence-corrected chi connectivity index (χ4v) is 2.01. The van der Waals surface area contributed by atoms with Crippen LogP contribution in [-0.2, 0) is 10.0 Å². The van der Waals surface area contributed by atoms with Gasteiger partial charge in [-0.2, -0.15) is 0 Å². The first kappa shape index (κ1) is 10.7. The van der Waals surface area contributed by atoms with Gasteiger partial charge in [0.15, 0.2) is 0 Å². The highest BCUT2D eigenvalue weighted by molar-refractivity contribution is 7.89. The molecule has 0 radical (unpaired) electrons. The maximum atomic E-state index is 11.3. The van der Waals surface area contributed by atoms with Crippen molar-refractivity contribution >= 4 is 10.0 Å². The van der Waals surface area contributed by atoms with Crippen LogP contribution < -0.4 is 5.14 Å². The molecule has 2 N–H and O–H groups in total. The van der Waals surface area contributed by atoms with E-state index in [1.165, 1.54) is 18.3 Å². The van der Waals surface area contributed by atoms with E-state index in [0.717, 1.165) is 0 Å². The van der Waals surface area contributed by atoms with E-state index >= 15 is 0 Å². The van der Waals surface area contributed by atoms with Crippen LogP contribution in [-0.4, -0.2) is 18.4 Å². The van der Waals surface area contributed by atoms with Crippen molar-refractivity contribution in [3.05, 3.63) is 42.7 Å². The predicted octanol–water partition coefficient (Wildman–Crippen LogP) is 0.791. The predicted molar refractivity (Wildman–Crippen MR) is 58.8 cm³/mol. The van der Waals surface area contributed by atoms with Crippen LogP contribution in [0.15, 0.2) is 47.6 Å². The molecule has 0 spiro atoms. The van der Waals surface area contributed by atoms with Gasteiger partial charge >= 0.3 is 0 Å². The number of sulfonamides is 1. The molecule has 2 aromatic rings. The fourth-order valence-electron chi connectivity index (χ4n) is 1.32. The van der Waals surface area contributed by atoms with Gasteiger partial charge in [0.1, 0.15) is 10.6 Å². The van der Waals surface area contributed by atoms with E-state index in [9.17, 15) is 8.42 Å². The van der Waals surface area contributed by atoms with Crippen LogP contribution in [0.1, 0.15) is 0 Å². The Morgan fingerprint density at radius 1 is 1.00 bits per heavy atom. The summed E-state index contributed by atoms with van der Waals surface area (Å²) >= 11 is 0. The van der Waals surface area contributed by atoms with E-state index in [1.807, 2.05) is 0 Å². The Labute approximate surface area is 93.0 Å². The maximum absolute atomic E-state index is 11.3. The third kappa shape index (κ3) is 2.07. The van der Waals surface area contributed by atoms with Crippen LogP contribution in [0.5, 0.6) is 0 Å². The SMILES string of the molecule is NS(=O)(=O)c1cccnc1-c1ccccn1. The largest absolute Gasteiger partial charge is 0.255 e. The Bertz CT molecular complexity index is 596. The molecule has 6 heteroatoms. The summed E-state index contributed by atoms with van der Waals surface area (Å²) in [6.45, 7) is 0. The minimum absolute atomic E-state index is 0.0197. The van der Waals surface area contributed by atoms with Crippen LogP contribution in [0.25, 0.3) is 11.4 Å². The van der Waals surface area contributed by atoms with Crippen molar-refractivity contribution in [3.8, 4) is 11.4 Å². The zero-order valence-corrected chi connectivity index (χ0v) is 9.05. The third-order valence-corrected chi connectivity index (χ3v) is 2.93. The molecule has 5 nitrogen and oxygen atoms in total. The van der Waals surface area contributed by atoms with Gasteiger partial charge in [0.05, 0.1) is 5.69 Å². The lowest BCUT2D eigenvalue weighted by Crippen LogP contribution is -2.14. The van der Waals surface area contributed by atoms with Gasteiger partial charge < -0.3 is 0 Å². The molecule has 0 atom stereocenters. The van der Waals surface area contributed by atoms with E-state index in [-0.39, 0.29) is 10.6 Å². The molecule has 82 valence electrons. The van der Waals surface area contributed by atoms with Gasteiger partial charge in [-0.05, 0) is 24.3 Å². The highest BCUT2D eigenvalue weighted by Gasteiger charge is 2.16. The molecule has 2 aromatic heterocycles. The molecule has 0 amide bonds. The molecular formula is C10H9N3O2S. The van der Waals surface area contributed by atoms with Crippen molar-refractivity contribution in [1.29, 1.82) is 0 Å². The van der Waals surface area contributed by atoms with Gasteiger partial charge in [0.2, 0.25) is 10.0 Å². The first-order valence-electron chi connectivity index (χ1n) is 4.48. The summed E-state index contributed by atoms with van der Waals surface area (Å²) in [5, 5.41) is 5.10. The van der Waals surface area contributed by atoms with Gasteiger partial charge in [-0.1, -0.05) is 6.07 Å². The number of nitrogens with zero attached hydrogens (tertiary/aromatic N) is 2. The molecule has 0 saturated heterocycles. The van der Waals surface area contributed by atoms with Crippen molar-refractivity contribution < 1.29 is 8.42 Å². The smallest absolute Gasteiger partial charge is 0.240 e. The minimum atomic E-state index is -3.78. The normalized spacial score (nSPS) is 11.3. The molecule has 0 unspecified atom stereocenters. The lowest BCUT2D eigenvalue weighted by molar-refractivity contribution is 0.597. The summed E-state index contributed by atoms with van der Waals surface area (Å²) in [6.07, 6.45) is 3.07. The molecule has 0 aromatic carbocycles. The summed E-state index contributed by atoms with van der Waals surface area (Å²) in [4.78, 5) is 8.01. The van der Waals surface area contributed by atoms with Crippen molar-refractivity contribution in [2.45, 2.75) is 4.90 Å². The lowest BCUT2D eigenvalue weighted by Gasteiger charge is -2.04. The zero-order valence-electron chi connectivity index (χ0n) is 8.24. The van der Waals surface area contributed by atoms with E-state index < -0.39 is 10.0 Å². The second kappa shape index (κ2) is 3.99. The van der Waals surface area contributed by atoms with Crippen molar-refractivity contribution in [2.24, 2.45) is 5.14 Å². The number of primary sulfonamides is 1. The fraction of sp³-hybridized carbons (Fsp3) is 0. The maximum Gasteiger partial charge on any atom is 0.240 e. The monoisotopic (exact) mass is 235 g/mol. The van der Waals surface area contributed by atoms with E-state index in [2.05, 4.69) is 9.97 Å². The number of pyridine rings is 2. The Morgan fingerprint density at radius 2 is 1.75 bits per heavy atom. The van der Waals surface area contributed by atoms with E-state index in [1.54, 1.807) is 24.4 Å². The first-order valence-corrected chi connectivity index (χ1v) is 6.03. The summed E-state index contributed by atoms with van der Waals surface area (Å²) < 4.78 is 22.7. The van der Waals surface area contributed by atoms with Gasteiger partial charge in [-0.3, -0.25) is 9.97 Å². The molecule has 0 aliphatic rings. The first-order chi connectivity index (χ1) is 7.59. The van der Waals surface area contributed by atoms with Crippen LogP contribution >= 0.6 is 0 Å². The highest BCUT2D eigenvalue weighted by Crippen LogP contribution is 2.21. The van der Waals surface area contributed by atoms with Crippen LogP contribution in [0, 0.1) is 0 Å². The molecular weight excluding hydrogens is 226 g/mol. The van der Waals surface area contributed by atoms with Gasteiger partial charge in [0, 0.05) is 12.4 Å².